The van der Waals surface area contributed by atoms with Crippen LogP contribution in [0.4, 0.5) is 28.2 Å². The average Bonchev–Trinajstić information content (AvgIpc) is 2.85. The molecule has 0 fully saturated rings. The monoisotopic (exact) mass is 612 g/mol. The van der Waals surface area contributed by atoms with E-state index in [1.54, 1.807) is 27.7 Å². The molecule has 12 nitrogen and oxygen atoms in total. The number of hydrogen-bond donors (Lipinski definition) is 2. The van der Waals surface area contributed by atoms with Crippen LogP contribution in [-0.4, -0.2) is 67.6 Å². The number of hydrogen-bond acceptors (Lipinski definition) is 9. The number of amides is 2. The first-order valence-corrected chi connectivity index (χ1v) is 13.9. The third-order valence-corrected chi connectivity index (χ3v) is 8.13. The molecule has 0 saturated carbocycles. The molecule has 0 unspecified atom stereocenters. The number of alkyl halides is 3. The quantitative estimate of drug-likeness (QED) is 0.493. The molecule has 2 atom stereocenters. The van der Waals surface area contributed by atoms with Crippen LogP contribution in [0.15, 0.2) is 33.8 Å². The van der Waals surface area contributed by atoms with E-state index in [2.05, 4.69) is 30.0 Å². The van der Waals surface area contributed by atoms with Crippen molar-refractivity contribution in [2.45, 2.75) is 51.9 Å². The van der Waals surface area contributed by atoms with Crippen LogP contribution in [0.3, 0.4) is 0 Å². The molecule has 2 aromatic rings. The Balaban J connectivity index is 2.08. The van der Waals surface area contributed by atoms with Crippen molar-refractivity contribution >= 4 is 33.7 Å². The molecule has 3 rings (SSSR count). The van der Waals surface area contributed by atoms with Crippen LogP contribution in [0.1, 0.15) is 55.0 Å². The molecule has 0 spiro atoms. The largest absolute Gasteiger partial charge is 0.444 e. The standard InChI is InChI=1S/C25H28F4N8O4S/c1-14-9-15(10-30)11-31-18(14)20(38)34-17-8-7-16(26)19(33-17)24(5)13-42(40,32-12-25(27,28)29)37(6)21(36-24)35-22(39)41-23(2,3)4/h7-9,11H,12-13H2,1-6H3,(H,33,34,38)(H,35,36,39)/t24-,42+/m0/s1. The molecule has 0 radical (unpaired) electrons. The fourth-order valence-corrected chi connectivity index (χ4v) is 5.90. The maximum absolute atomic E-state index is 15.2. The van der Waals surface area contributed by atoms with Crippen molar-refractivity contribution in [2.24, 2.45) is 9.36 Å². The number of aromatic nitrogens is 2. The van der Waals surface area contributed by atoms with Crippen molar-refractivity contribution in [3.63, 3.8) is 0 Å². The lowest BCUT2D eigenvalue weighted by Crippen LogP contribution is -2.54. The van der Waals surface area contributed by atoms with Crippen LogP contribution in [0.5, 0.6) is 0 Å². The zero-order chi connectivity index (χ0) is 31.7. The van der Waals surface area contributed by atoms with E-state index < -0.39 is 69.0 Å². The van der Waals surface area contributed by atoms with Crippen LogP contribution < -0.4 is 10.6 Å². The summed E-state index contributed by atoms with van der Waals surface area (Å²) in [5.74, 6) is -3.15. The lowest BCUT2D eigenvalue weighted by Gasteiger charge is -2.38. The molecule has 3 heterocycles. The van der Waals surface area contributed by atoms with Crippen LogP contribution in [0.25, 0.3) is 0 Å². The number of aliphatic imine (C=N–C) groups is 1. The lowest BCUT2D eigenvalue weighted by atomic mass is 10.00. The second-order valence-electron chi connectivity index (χ2n) is 10.5. The number of halogens is 4. The third-order valence-electron chi connectivity index (χ3n) is 5.63. The Bertz CT molecular complexity index is 1610. The average molecular weight is 613 g/mol. The van der Waals surface area contributed by atoms with E-state index in [0.717, 1.165) is 23.5 Å². The second kappa shape index (κ2) is 11.5. The Morgan fingerprint density at radius 3 is 2.50 bits per heavy atom. The summed E-state index contributed by atoms with van der Waals surface area (Å²) >= 11 is 0. The highest BCUT2D eigenvalue weighted by Gasteiger charge is 2.44. The van der Waals surface area contributed by atoms with Gasteiger partial charge in [-0.1, -0.05) is 0 Å². The van der Waals surface area contributed by atoms with Gasteiger partial charge >= 0.3 is 12.3 Å². The number of anilines is 1. The summed E-state index contributed by atoms with van der Waals surface area (Å²) in [5.41, 5.74) is -2.82. The first kappa shape index (κ1) is 32.2. The Morgan fingerprint density at radius 2 is 1.93 bits per heavy atom. The summed E-state index contributed by atoms with van der Waals surface area (Å²) in [6.45, 7) is 5.73. The minimum Gasteiger partial charge on any atom is -0.444 e. The highest BCUT2D eigenvalue weighted by molar-refractivity contribution is 7.92. The van der Waals surface area contributed by atoms with Gasteiger partial charge in [-0.2, -0.15) is 18.4 Å². The Kier molecular flexibility index (Phi) is 8.82. The van der Waals surface area contributed by atoms with Gasteiger partial charge in [-0.15, -0.1) is 0 Å². The van der Waals surface area contributed by atoms with Crippen molar-refractivity contribution in [3.8, 4) is 6.07 Å². The second-order valence-corrected chi connectivity index (χ2v) is 12.8. The van der Waals surface area contributed by atoms with E-state index in [-0.39, 0.29) is 17.1 Å². The number of ether oxygens (including phenoxy) is 1. The predicted molar refractivity (Wildman–Crippen MR) is 144 cm³/mol. The summed E-state index contributed by atoms with van der Waals surface area (Å²) in [6.07, 6.45) is -4.67. The van der Waals surface area contributed by atoms with Crippen LogP contribution in [-0.2, 0) is 20.2 Å². The number of nitrogens with zero attached hydrogens (tertiary/aromatic N) is 6. The molecular weight excluding hydrogens is 584 g/mol. The lowest BCUT2D eigenvalue weighted by molar-refractivity contribution is -0.117. The maximum atomic E-state index is 15.2. The fourth-order valence-electron chi connectivity index (χ4n) is 3.80. The van der Waals surface area contributed by atoms with Crippen LogP contribution >= 0.6 is 0 Å². The number of guanidine groups is 1. The summed E-state index contributed by atoms with van der Waals surface area (Å²) < 4.78 is 77.6. The molecule has 1 aliphatic rings. The molecule has 0 aliphatic carbocycles. The number of alkyl carbamates (subject to hydrolysis) is 1. The van der Waals surface area contributed by atoms with E-state index in [1.807, 2.05) is 6.07 Å². The summed E-state index contributed by atoms with van der Waals surface area (Å²) in [5, 5.41) is 13.7. The number of carbonyl (C=O) groups excluding carboxylic acids is 2. The third kappa shape index (κ3) is 7.69. The molecular formula is C25H28F4N8O4S. The number of rotatable bonds is 4. The van der Waals surface area contributed by atoms with Gasteiger partial charge in [-0.3, -0.25) is 14.4 Å². The molecule has 42 heavy (non-hydrogen) atoms. The van der Waals surface area contributed by atoms with E-state index in [0.29, 0.717) is 5.56 Å². The zero-order valence-corrected chi connectivity index (χ0v) is 24.3. The van der Waals surface area contributed by atoms with Gasteiger partial charge in [0.2, 0.25) is 5.96 Å². The van der Waals surface area contributed by atoms with Crippen LogP contribution in [0.2, 0.25) is 0 Å². The van der Waals surface area contributed by atoms with E-state index >= 15 is 4.39 Å². The molecule has 0 aromatic carbocycles. The Morgan fingerprint density at radius 1 is 1.26 bits per heavy atom. The zero-order valence-electron chi connectivity index (χ0n) is 23.5. The van der Waals surface area contributed by atoms with Gasteiger partial charge in [-0.05, 0) is 58.4 Å². The minimum absolute atomic E-state index is 0.0389. The van der Waals surface area contributed by atoms with E-state index in [1.165, 1.54) is 19.2 Å². The molecule has 2 aromatic heterocycles. The van der Waals surface area contributed by atoms with Crippen molar-refractivity contribution in [2.75, 3.05) is 24.7 Å². The smallest absolute Gasteiger partial charge is 0.414 e. The SMILES string of the molecule is Cc1cc(C#N)cnc1C(=O)Nc1ccc(F)c([C@]2(C)C[S@@](=O)(=NCC(F)(F)F)N(C)C(NC(=O)OC(C)(C)C)=N2)n1. The summed E-state index contributed by atoms with van der Waals surface area (Å²) in [4.78, 5) is 37.7. The van der Waals surface area contributed by atoms with Gasteiger partial charge in [0.15, 0.2) is 0 Å². The number of nitriles is 1. The highest BCUT2D eigenvalue weighted by atomic mass is 32.2. The molecule has 2 amide bonds. The Labute approximate surface area is 239 Å². The van der Waals surface area contributed by atoms with E-state index in [9.17, 15) is 27.0 Å². The summed E-state index contributed by atoms with van der Waals surface area (Å²) in [7, 11) is -2.88. The summed E-state index contributed by atoms with van der Waals surface area (Å²) in [6, 6.07) is 5.41. The van der Waals surface area contributed by atoms with Crippen molar-refractivity contribution < 1.29 is 36.1 Å². The van der Waals surface area contributed by atoms with Crippen LogP contribution in [0, 0.1) is 24.1 Å². The van der Waals surface area contributed by atoms with Gasteiger partial charge in [0.05, 0.1) is 11.3 Å². The fraction of sp³-hybridized carbons (Fsp3) is 0.440. The number of pyridine rings is 2. The molecule has 17 heteroatoms. The van der Waals surface area contributed by atoms with Gasteiger partial charge in [-0.25, -0.2) is 32.7 Å². The van der Waals surface area contributed by atoms with Gasteiger partial charge in [0, 0.05) is 13.2 Å². The Hall–Kier alpha value is -4.33. The van der Waals surface area contributed by atoms with Crippen molar-refractivity contribution in [1.82, 2.24) is 19.6 Å². The van der Waals surface area contributed by atoms with Crippen molar-refractivity contribution in [3.05, 3.63) is 52.7 Å². The predicted octanol–water partition coefficient (Wildman–Crippen LogP) is 4.03. The van der Waals surface area contributed by atoms with Gasteiger partial charge in [0.25, 0.3) is 5.91 Å². The molecule has 226 valence electrons. The molecule has 0 saturated heterocycles. The molecule has 0 bridgehead atoms. The molecule has 1 aliphatic heterocycles. The van der Waals surface area contributed by atoms with Gasteiger partial charge in [0.1, 0.15) is 56.7 Å². The van der Waals surface area contributed by atoms with Crippen molar-refractivity contribution in [1.29, 1.82) is 5.26 Å². The normalized spacial score (nSPS) is 20.7. The maximum Gasteiger partial charge on any atom is 0.414 e. The first-order chi connectivity index (χ1) is 19.2. The molecule has 2 N–H and O–H groups in total. The van der Waals surface area contributed by atoms with E-state index in [4.69, 9.17) is 10.00 Å². The minimum atomic E-state index is -4.81. The first-order valence-electron chi connectivity index (χ1n) is 12.2. The highest BCUT2D eigenvalue weighted by Crippen LogP contribution is 2.34. The number of carbonyl (C=O) groups is 2. The van der Waals surface area contributed by atoms with Gasteiger partial charge < -0.3 is 10.1 Å². The topological polar surface area (TPSA) is 162 Å². The number of nitrogens with one attached hydrogen (secondary N) is 2. The number of aryl methyl sites for hydroxylation is 1.